The standard InChI is InChI=1S/C19H21F2N7OS.CH2O2/c1-10-9-28(7-6-23-10)19-13(8-24-27(19)2)25-17(29)15-16(22)30-18(26-15)14-11(20)4-3-5-12(14)21;2-1-3/h3-5,8,10,23H,6-7,9,22H2,1-2H3,(H,25,29);1H,(H,2,3)/t10-;/m0./s1. The molecule has 2 aromatic heterocycles. The van der Waals surface area contributed by atoms with Crippen LogP contribution in [0.3, 0.4) is 0 Å². The summed E-state index contributed by atoms with van der Waals surface area (Å²) in [6, 6.07) is 3.82. The zero-order valence-electron chi connectivity index (χ0n) is 17.9. The first-order valence-corrected chi connectivity index (χ1v) is 10.7. The first kappa shape index (κ1) is 24.1. The average molecular weight is 480 g/mol. The minimum Gasteiger partial charge on any atom is -0.483 e. The molecule has 10 nitrogen and oxygen atoms in total. The van der Waals surface area contributed by atoms with E-state index in [1.807, 2.05) is 0 Å². The predicted molar refractivity (Wildman–Crippen MR) is 121 cm³/mol. The van der Waals surface area contributed by atoms with Gasteiger partial charge in [0.1, 0.15) is 27.3 Å². The highest BCUT2D eigenvalue weighted by molar-refractivity contribution is 7.19. The second-order valence-electron chi connectivity index (χ2n) is 7.19. The number of hydrogen-bond acceptors (Lipinski definition) is 8. The van der Waals surface area contributed by atoms with Crippen molar-refractivity contribution in [3.05, 3.63) is 41.7 Å². The van der Waals surface area contributed by atoms with Gasteiger partial charge in [-0.05, 0) is 19.1 Å². The molecule has 1 atom stereocenters. The van der Waals surface area contributed by atoms with Crippen molar-refractivity contribution in [1.82, 2.24) is 20.1 Å². The Hall–Kier alpha value is -3.58. The molecule has 4 rings (SSSR count). The van der Waals surface area contributed by atoms with Crippen molar-refractivity contribution in [3.8, 4) is 10.6 Å². The predicted octanol–water partition coefficient (Wildman–Crippen LogP) is 2.16. The maximum Gasteiger partial charge on any atom is 0.290 e. The van der Waals surface area contributed by atoms with Crippen molar-refractivity contribution < 1.29 is 23.5 Å². The zero-order valence-corrected chi connectivity index (χ0v) is 18.7. The molecule has 1 aliphatic heterocycles. The Bertz CT molecular complexity index is 1130. The molecule has 1 aromatic carbocycles. The molecular formula is C20H23F2N7O3S. The van der Waals surface area contributed by atoms with Crippen molar-refractivity contribution in [2.75, 3.05) is 35.6 Å². The minimum atomic E-state index is -0.766. The van der Waals surface area contributed by atoms with Crippen molar-refractivity contribution in [2.24, 2.45) is 7.05 Å². The smallest absolute Gasteiger partial charge is 0.290 e. The largest absolute Gasteiger partial charge is 0.483 e. The number of anilines is 3. The van der Waals surface area contributed by atoms with E-state index in [9.17, 15) is 13.6 Å². The van der Waals surface area contributed by atoms with Crippen LogP contribution in [0.2, 0.25) is 0 Å². The monoisotopic (exact) mass is 479 g/mol. The maximum atomic E-state index is 14.1. The van der Waals surface area contributed by atoms with Crippen molar-refractivity contribution in [1.29, 1.82) is 0 Å². The lowest BCUT2D eigenvalue weighted by Crippen LogP contribution is -2.50. The van der Waals surface area contributed by atoms with E-state index in [-0.39, 0.29) is 27.7 Å². The zero-order chi connectivity index (χ0) is 24.1. The van der Waals surface area contributed by atoms with Gasteiger partial charge >= 0.3 is 0 Å². The van der Waals surface area contributed by atoms with E-state index in [1.54, 1.807) is 17.9 Å². The van der Waals surface area contributed by atoms with Crippen LogP contribution in [-0.4, -0.2) is 57.9 Å². The molecule has 0 saturated carbocycles. The summed E-state index contributed by atoms with van der Waals surface area (Å²) in [7, 11) is 1.80. The number of aryl methyl sites for hydroxylation is 1. The number of hydrogen-bond donors (Lipinski definition) is 4. The lowest BCUT2D eigenvalue weighted by Gasteiger charge is -2.33. The summed E-state index contributed by atoms with van der Waals surface area (Å²) in [5.41, 5.74) is 6.08. The number of rotatable bonds is 4. The molecule has 3 aromatic rings. The average Bonchev–Trinajstić information content (AvgIpc) is 3.31. The van der Waals surface area contributed by atoms with Crippen LogP contribution in [0.4, 0.5) is 25.3 Å². The molecule has 1 saturated heterocycles. The van der Waals surface area contributed by atoms with E-state index in [0.717, 1.165) is 48.9 Å². The molecule has 176 valence electrons. The van der Waals surface area contributed by atoms with E-state index < -0.39 is 17.5 Å². The van der Waals surface area contributed by atoms with E-state index >= 15 is 0 Å². The molecule has 33 heavy (non-hydrogen) atoms. The van der Waals surface area contributed by atoms with Crippen LogP contribution < -0.4 is 21.3 Å². The molecule has 13 heteroatoms. The normalized spacial score (nSPS) is 15.5. The third-order valence-corrected chi connectivity index (χ3v) is 5.77. The number of nitrogens with one attached hydrogen (secondary N) is 2. The van der Waals surface area contributed by atoms with Crippen LogP contribution in [-0.2, 0) is 11.8 Å². The molecule has 0 spiro atoms. The summed E-state index contributed by atoms with van der Waals surface area (Å²) < 4.78 is 29.9. The molecular weight excluding hydrogens is 456 g/mol. The Balaban J connectivity index is 0.000000968. The highest BCUT2D eigenvalue weighted by Gasteiger charge is 2.25. The summed E-state index contributed by atoms with van der Waals surface area (Å²) in [4.78, 5) is 27.5. The summed E-state index contributed by atoms with van der Waals surface area (Å²) in [6.07, 6.45) is 1.56. The fourth-order valence-electron chi connectivity index (χ4n) is 3.50. The fraction of sp³-hybridized carbons (Fsp3) is 0.300. The molecule has 1 amide bonds. The Morgan fingerprint density at radius 3 is 2.70 bits per heavy atom. The quantitative estimate of drug-likeness (QED) is 0.418. The summed E-state index contributed by atoms with van der Waals surface area (Å²) in [5.74, 6) is -1.33. The summed E-state index contributed by atoms with van der Waals surface area (Å²) in [5, 5.41) is 17.4. The van der Waals surface area contributed by atoms with Gasteiger partial charge in [-0.3, -0.25) is 14.3 Å². The molecule has 1 fully saturated rings. The number of piperazine rings is 1. The van der Waals surface area contributed by atoms with Gasteiger partial charge in [-0.1, -0.05) is 17.4 Å². The van der Waals surface area contributed by atoms with Gasteiger partial charge in [-0.2, -0.15) is 5.10 Å². The van der Waals surface area contributed by atoms with Crippen molar-refractivity contribution >= 4 is 40.2 Å². The van der Waals surface area contributed by atoms with Gasteiger partial charge in [0.2, 0.25) is 0 Å². The second kappa shape index (κ2) is 10.4. The molecule has 0 unspecified atom stereocenters. The lowest BCUT2D eigenvalue weighted by molar-refractivity contribution is -0.122. The first-order valence-electron chi connectivity index (χ1n) is 9.87. The number of nitrogens with zero attached hydrogens (tertiary/aromatic N) is 4. The maximum absolute atomic E-state index is 14.1. The Kier molecular flexibility index (Phi) is 7.55. The molecule has 3 heterocycles. The third kappa shape index (κ3) is 5.26. The van der Waals surface area contributed by atoms with Crippen LogP contribution in [0, 0.1) is 11.6 Å². The highest BCUT2D eigenvalue weighted by atomic mass is 32.1. The summed E-state index contributed by atoms with van der Waals surface area (Å²) >= 11 is 0.859. The molecule has 0 radical (unpaired) electrons. The van der Waals surface area contributed by atoms with Crippen LogP contribution in [0.25, 0.3) is 10.6 Å². The number of aromatic nitrogens is 3. The van der Waals surface area contributed by atoms with Gasteiger partial charge in [0.15, 0.2) is 11.5 Å². The van der Waals surface area contributed by atoms with Gasteiger partial charge in [0.05, 0.1) is 11.8 Å². The van der Waals surface area contributed by atoms with Crippen LogP contribution in [0.1, 0.15) is 17.4 Å². The number of nitrogens with two attached hydrogens (primary N) is 1. The Morgan fingerprint density at radius 2 is 2.06 bits per heavy atom. The van der Waals surface area contributed by atoms with E-state index in [4.69, 9.17) is 15.6 Å². The van der Waals surface area contributed by atoms with Gasteiger partial charge in [-0.25, -0.2) is 13.8 Å². The van der Waals surface area contributed by atoms with E-state index in [0.29, 0.717) is 11.7 Å². The number of halogens is 2. The van der Waals surface area contributed by atoms with Gasteiger partial charge in [0, 0.05) is 32.7 Å². The number of carbonyl (C=O) groups excluding carboxylic acids is 1. The van der Waals surface area contributed by atoms with Gasteiger partial charge in [0.25, 0.3) is 12.4 Å². The van der Waals surface area contributed by atoms with Gasteiger partial charge in [-0.15, -0.1) is 0 Å². The molecule has 5 N–H and O–H groups in total. The number of thiazole rings is 1. The van der Waals surface area contributed by atoms with Crippen LogP contribution >= 0.6 is 11.3 Å². The van der Waals surface area contributed by atoms with Gasteiger partial charge < -0.3 is 26.4 Å². The van der Waals surface area contributed by atoms with Crippen molar-refractivity contribution in [2.45, 2.75) is 13.0 Å². The third-order valence-electron chi connectivity index (χ3n) is 4.87. The second-order valence-corrected chi connectivity index (χ2v) is 8.23. The SMILES string of the molecule is C[C@H]1CN(c2c(NC(=O)c3nc(-c4c(F)cccc4F)sc3N)cnn2C)CCN1.O=CO. The number of amides is 1. The lowest BCUT2D eigenvalue weighted by atomic mass is 10.2. The van der Waals surface area contributed by atoms with Crippen molar-refractivity contribution in [3.63, 3.8) is 0 Å². The topological polar surface area (TPSA) is 138 Å². The number of nitrogen functional groups attached to an aromatic ring is 1. The minimum absolute atomic E-state index is 0.00981. The molecule has 0 aliphatic carbocycles. The number of carbonyl (C=O) groups is 2. The van der Waals surface area contributed by atoms with E-state index in [1.165, 1.54) is 6.07 Å². The molecule has 1 aliphatic rings. The number of carboxylic acid groups (broad SMARTS) is 1. The first-order chi connectivity index (χ1) is 15.8. The van der Waals surface area contributed by atoms with Crippen LogP contribution in [0.15, 0.2) is 24.4 Å². The molecule has 0 bridgehead atoms. The summed E-state index contributed by atoms with van der Waals surface area (Å²) in [6.45, 7) is 4.18. The Morgan fingerprint density at radius 1 is 1.39 bits per heavy atom. The number of benzene rings is 1. The Labute approximate surface area is 192 Å². The highest BCUT2D eigenvalue weighted by Crippen LogP contribution is 2.34. The van der Waals surface area contributed by atoms with Crippen LogP contribution in [0.5, 0.6) is 0 Å². The fourth-order valence-corrected chi connectivity index (χ4v) is 4.38. The van der Waals surface area contributed by atoms with E-state index in [2.05, 4.69) is 32.5 Å².